The van der Waals surface area contributed by atoms with Crippen molar-refractivity contribution in [1.29, 1.82) is 0 Å². The highest BCUT2D eigenvalue weighted by molar-refractivity contribution is 5.84. The lowest BCUT2D eigenvalue weighted by molar-refractivity contribution is -0.145. The van der Waals surface area contributed by atoms with E-state index in [1.54, 1.807) is 0 Å². The molecule has 4 heterocycles. The maximum atomic E-state index is 13.3. The van der Waals surface area contributed by atoms with Crippen molar-refractivity contribution in [2.45, 2.75) is 50.7 Å². The first-order chi connectivity index (χ1) is 10.3. The zero-order chi connectivity index (χ0) is 14.0. The van der Waals surface area contributed by atoms with E-state index in [2.05, 4.69) is 10.2 Å². The molecule has 4 unspecified atom stereocenters. The maximum Gasteiger partial charge on any atom is 0.230 e. The monoisotopic (exact) mass is 290 g/mol. The first kappa shape index (κ1) is 12.9. The van der Waals surface area contributed by atoms with Gasteiger partial charge in [-0.2, -0.15) is 0 Å². The molecule has 4 heteroatoms. The number of hydrogen-bond donors (Lipinski definition) is 1. The molecule has 1 aliphatic carbocycles. The maximum absolute atomic E-state index is 13.3. The lowest BCUT2D eigenvalue weighted by Crippen LogP contribution is -2.49. The first-order valence-corrected chi connectivity index (χ1v) is 8.93. The van der Waals surface area contributed by atoms with Gasteiger partial charge in [0, 0.05) is 31.5 Å². The van der Waals surface area contributed by atoms with Crippen molar-refractivity contribution < 1.29 is 9.53 Å². The van der Waals surface area contributed by atoms with Gasteiger partial charge in [0.2, 0.25) is 5.91 Å². The third-order valence-electron chi connectivity index (χ3n) is 7.20. The summed E-state index contributed by atoms with van der Waals surface area (Å²) in [7, 11) is 0. The summed E-state index contributed by atoms with van der Waals surface area (Å²) in [6.45, 7) is 3.92. The van der Waals surface area contributed by atoms with Gasteiger partial charge in [0.1, 0.15) is 0 Å². The second kappa shape index (κ2) is 4.45. The molecule has 0 radical (unpaired) electrons. The van der Waals surface area contributed by atoms with E-state index in [1.165, 1.54) is 32.1 Å². The Labute approximate surface area is 126 Å². The van der Waals surface area contributed by atoms with Crippen molar-refractivity contribution in [3.8, 4) is 0 Å². The molecule has 1 amide bonds. The van der Waals surface area contributed by atoms with Crippen LogP contribution in [0.1, 0.15) is 38.5 Å². The predicted molar refractivity (Wildman–Crippen MR) is 78.7 cm³/mol. The molecule has 116 valence electrons. The predicted octanol–water partition coefficient (Wildman–Crippen LogP) is 1.40. The number of ether oxygens (including phenoxy) is 1. The van der Waals surface area contributed by atoms with Crippen LogP contribution in [0.2, 0.25) is 0 Å². The van der Waals surface area contributed by atoms with E-state index in [4.69, 9.17) is 4.74 Å². The van der Waals surface area contributed by atoms with Gasteiger partial charge in [0.15, 0.2) is 0 Å². The van der Waals surface area contributed by atoms with E-state index < -0.39 is 0 Å². The smallest absolute Gasteiger partial charge is 0.230 e. The highest BCUT2D eigenvalue weighted by Gasteiger charge is 2.57. The van der Waals surface area contributed by atoms with Gasteiger partial charge in [-0.1, -0.05) is 12.8 Å². The molecule has 5 rings (SSSR count). The second-order valence-electron chi connectivity index (χ2n) is 8.06. The van der Waals surface area contributed by atoms with Crippen LogP contribution in [-0.2, 0) is 9.53 Å². The van der Waals surface area contributed by atoms with Crippen LogP contribution in [0.15, 0.2) is 0 Å². The van der Waals surface area contributed by atoms with E-state index in [0.717, 1.165) is 32.6 Å². The molecule has 4 aliphatic heterocycles. The lowest BCUT2D eigenvalue weighted by Gasteiger charge is -2.40. The van der Waals surface area contributed by atoms with Gasteiger partial charge in [-0.25, -0.2) is 0 Å². The van der Waals surface area contributed by atoms with Gasteiger partial charge in [-0.05, 0) is 38.1 Å². The summed E-state index contributed by atoms with van der Waals surface area (Å²) in [6.07, 6.45) is 8.26. The van der Waals surface area contributed by atoms with E-state index in [9.17, 15) is 4.79 Å². The van der Waals surface area contributed by atoms with Crippen LogP contribution >= 0.6 is 0 Å². The van der Waals surface area contributed by atoms with Crippen LogP contribution in [-0.4, -0.2) is 49.2 Å². The molecule has 0 aromatic rings. The normalized spacial score (nSPS) is 51.2. The minimum atomic E-state index is -0.0587. The average molecular weight is 290 g/mol. The van der Waals surface area contributed by atoms with E-state index in [-0.39, 0.29) is 5.41 Å². The van der Waals surface area contributed by atoms with Gasteiger partial charge >= 0.3 is 0 Å². The van der Waals surface area contributed by atoms with Gasteiger partial charge in [0.25, 0.3) is 0 Å². The Kier molecular flexibility index (Phi) is 2.73. The highest BCUT2D eigenvalue weighted by atomic mass is 16.5. The summed E-state index contributed by atoms with van der Waals surface area (Å²) < 4.78 is 6.05. The van der Waals surface area contributed by atoms with Gasteiger partial charge < -0.3 is 15.0 Å². The molecule has 0 aromatic heterocycles. The van der Waals surface area contributed by atoms with Crippen LogP contribution in [0.5, 0.6) is 0 Å². The Hall–Kier alpha value is -0.610. The molecular formula is C17H26N2O2. The third kappa shape index (κ3) is 1.66. The van der Waals surface area contributed by atoms with E-state index in [0.29, 0.717) is 35.9 Å². The molecule has 1 N–H and O–H groups in total. The molecule has 5 fully saturated rings. The Morgan fingerprint density at radius 1 is 1.10 bits per heavy atom. The van der Waals surface area contributed by atoms with Gasteiger partial charge in [0.05, 0.1) is 17.6 Å². The van der Waals surface area contributed by atoms with Crippen molar-refractivity contribution in [1.82, 2.24) is 10.2 Å². The summed E-state index contributed by atoms with van der Waals surface area (Å²) in [5, 5.41) is 3.52. The van der Waals surface area contributed by atoms with Crippen molar-refractivity contribution in [2.24, 2.45) is 23.2 Å². The van der Waals surface area contributed by atoms with Gasteiger partial charge in [-0.15, -0.1) is 0 Å². The second-order valence-corrected chi connectivity index (χ2v) is 8.06. The fourth-order valence-electron chi connectivity index (χ4n) is 6.11. The summed E-state index contributed by atoms with van der Waals surface area (Å²) in [6, 6.07) is 0. The fourth-order valence-corrected chi connectivity index (χ4v) is 6.11. The average Bonchev–Trinajstić information content (AvgIpc) is 3.25. The molecule has 0 spiro atoms. The molecule has 4 nitrogen and oxygen atoms in total. The number of nitrogens with zero attached hydrogens (tertiary/aromatic N) is 1. The molecular weight excluding hydrogens is 264 g/mol. The standard InChI is InChI=1S/C17H26N2O2/c20-16(17-6-2-1-3-11(17)7-18-10-17)19-8-12-13(9-19)15-5-4-14(12)21-15/h11-15,18H,1-10H2/t11-,12?,13?,14?,15?,17+/m0/s1. The molecule has 5 aliphatic rings. The van der Waals surface area contributed by atoms with Crippen LogP contribution in [0.3, 0.4) is 0 Å². The van der Waals surface area contributed by atoms with E-state index >= 15 is 0 Å². The third-order valence-corrected chi connectivity index (χ3v) is 7.20. The van der Waals surface area contributed by atoms with Crippen molar-refractivity contribution in [3.63, 3.8) is 0 Å². The van der Waals surface area contributed by atoms with Gasteiger partial charge in [-0.3, -0.25) is 4.79 Å². The van der Waals surface area contributed by atoms with Crippen molar-refractivity contribution in [2.75, 3.05) is 26.2 Å². The van der Waals surface area contributed by atoms with Crippen LogP contribution in [0, 0.1) is 23.2 Å². The van der Waals surface area contributed by atoms with Crippen LogP contribution in [0.25, 0.3) is 0 Å². The molecule has 2 bridgehead atoms. The minimum Gasteiger partial charge on any atom is -0.374 e. The lowest BCUT2D eigenvalue weighted by atomic mass is 9.67. The Morgan fingerprint density at radius 3 is 2.62 bits per heavy atom. The Bertz CT molecular complexity index is 450. The zero-order valence-corrected chi connectivity index (χ0v) is 12.7. The van der Waals surface area contributed by atoms with Crippen molar-refractivity contribution >= 4 is 5.91 Å². The quantitative estimate of drug-likeness (QED) is 0.794. The summed E-state index contributed by atoms with van der Waals surface area (Å²) in [5.74, 6) is 2.35. The minimum absolute atomic E-state index is 0.0587. The molecule has 1 saturated carbocycles. The SMILES string of the molecule is O=C(N1CC2C3CCC(O3)C2C1)[C@@]12CCCC[C@H]1CNC2. The number of fused-ring (bicyclic) bond motifs is 6. The number of nitrogens with one attached hydrogen (secondary N) is 1. The fraction of sp³-hybridized carbons (Fsp3) is 0.941. The summed E-state index contributed by atoms with van der Waals surface area (Å²) >= 11 is 0. The number of hydrogen-bond acceptors (Lipinski definition) is 3. The Balaban J connectivity index is 1.37. The van der Waals surface area contributed by atoms with E-state index in [1.807, 2.05) is 0 Å². The highest BCUT2D eigenvalue weighted by Crippen LogP contribution is 2.50. The molecule has 4 saturated heterocycles. The number of likely N-dealkylation sites (tertiary alicyclic amines) is 1. The van der Waals surface area contributed by atoms with Crippen LogP contribution < -0.4 is 5.32 Å². The largest absolute Gasteiger partial charge is 0.374 e. The molecule has 6 atom stereocenters. The van der Waals surface area contributed by atoms with Crippen molar-refractivity contribution in [3.05, 3.63) is 0 Å². The van der Waals surface area contributed by atoms with Crippen LogP contribution in [0.4, 0.5) is 0 Å². The number of carbonyl (C=O) groups is 1. The topological polar surface area (TPSA) is 41.6 Å². The number of amides is 1. The zero-order valence-electron chi connectivity index (χ0n) is 12.7. The molecule has 21 heavy (non-hydrogen) atoms. The summed E-state index contributed by atoms with van der Waals surface area (Å²) in [4.78, 5) is 15.5. The number of carbonyl (C=O) groups excluding carboxylic acids is 1. The number of rotatable bonds is 1. The summed E-state index contributed by atoms with van der Waals surface area (Å²) in [5.41, 5.74) is -0.0587. The Morgan fingerprint density at radius 2 is 1.86 bits per heavy atom. The first-order valence-electron chi connectivity index (χ1n) is 8.93. The molecule has 0 aromatic carbocycles.